The molecule has 0 aliphatic rings. The Bertz CT molecular complexity index is 2040. The SMILES string of the molecule is Clc1ccc2sc3c(-n4c5ccc6ccccc6c5c5c6ccccc6ccc54)cccc3c2c1. The smallest absolute Gasteiger partial charge is 0.0640 e. The van der Waals surface area contributed by atoms with Gasteiger partial charge in [0.05, 0.1) is 21.4 Å². The molecule has 0 radical (unpaired) electrons. The normalized spacial score (nSPS) is 12.1. The molecule has 3 heteroatoms. The summed E-state index contributed by atoms with van der Waals surface area (Å²) in [5, 5.41) is 11.0. The van der Waals surface area contributed by atoms with Crippen LogP contribution in [-0.4, -0.2) is 4.57 Å². The van der Waals surface area contributed by atoms with Crippen molar-refractivity contribution in [3.63, 3.8) is 0 Å². The largest absolute Gasteiger partial charge is 0.308 e. The van der Waals surface area contributed by atoms with Gasteiger partial charge in [-0.25, -0.2) is 0 Å². The molecule has 164 valence electrons. The third kappa shape index (κ3) is 2.64. The molecule has 0 saturated carbocycles. The summed E-state index contributed by atoms with van der Waals surface area (Å²) in [4.78, 5) is 0. The van der Waals surface area contributed by atoms with Crippen LogP contribution < -0.4 is 0 Å². The number of halogens is 1. The van der Waals surface area contributed by atoms with Crippen molar-refractivity contribution >= 4 is 86.5 Å². The van der Waals surface area contributed by atoms with E-state index in [1.807, 2.05) is 17.4 Å². The Balaban J connectivity index is 1.63. The van der Waals surface area contributed by atoms with E-state index in [0.29, 0.717) is 0 Å². The maximum absolute atomic E-state index is 6.38. The number of rotatable bonds is 1. The second-order valence-corrected chi connectivity index (χ2v) is 10.6. The molecule has 1 nitrogen and oxygen atoms in total. The van der Waals surface area contributed by atoms with E-state index in [2.05, 4.69) is 108 Å². The number of hydrogen-bond acceptors (Lipinski definition) is 1. The predicted molar refractivity (Wildman–Crippen MR) is 154 cm³/mol. The summed E-state index contributed by atoms with van der Waals surface area (Å²) in [6.45, 7) is 0. The highest BCUT2D eigenvalue weighted by atomic mass is 35.5. The molecule has 0 amide bonds. The molecule has 8 rings (SSSR count). The minimum atomic E-state index is 0.775. The number of fused-ring (bicyclic) bond motifs is 10. The Hall–Kier alpha value is -3.85. The van der Waals surface area contributed by atoms with Crippen LogP contribution in [0.2, 0.25) is 5.02 Å². The van der Waals surface area contributed by atoms with Gasteiger partial charge in [0.15, 0.2) is 0 Å². The Labute approximate surface area is 210 Å². The lowest BCUT2D eigenvalue weighted by molar-refractivity contribution is 1.20. The monoisotopic (exact) mass is 483 g/mol. The van der Waals surface area contributed by atoms with Gasteiger partial charge in [-0.15, -0.1) is 11.3 Å². The molecule has 8 aromatic rings. The zero-order valence-corrected chi connectivity index (χ0v) is 20.2. The molecule has 0 aliphatic carbocycles. The quantitative estimate of drug-likeness (QED) is 0.219. The molecule has 35 heavy (non-hydrogen) atoms. The molecule has 0 atom stereocenters. The molecule has 0 spiro atoms. The molecule has 0 aliphatic heterocycles. The first-order valence-electron chi connectivity index (χ1n) is 11.7. The average molecular weight is 484 g/mol. The summed E-state index contributed by atoms with van der Waals surface area (Å²) in [6.07, 6.45) is 0. The second-order valence-electron chi connectivity index (χ2n) is 9.09. The van der Waals surface area contributed by atoms with Crippen molar-refractivity contribution in [2.75, 3.05) is 0 Å². The van der Waals surface area contributed by atoms with Crippen LogP contribution in [0.4, 0.5) is 0 Å². The number of nitrogens with zero attached hydrogens (tertiary/aromatic N) is 1. The summed E-state index contributed by atoms with van der Waals surface area (Å²) in [5.41, 5.74) is 3.68. The second kappa shape index (κ2) is 7.08. The van der Waals surface area contributed by atoms with Crippen molar-refractivity contribution in [1.82, 2.24) is 4.57 Å². The first-order valence-corrected chi connectivity index (χ1v) is 12.9. The first-order chi connectivity index (χ1) is 17.3. The molecule has 0 saturated heterocycles. The summed E-state index contributed by atoms with van der Waals surface area (Å²) < 4.78 is 5.00. The van der Waals surface area contributed by atoms with Crippen molar-refractivity contribution in [3.8, 4) is 5.69 Å². The van der Waals surface area contributed by atoms with Crippen molar-refractivity contribution in [2.45, 2.75) is 0 Å². The maximum atomic E-state index is 6.38. The number of thiophene rings is 1. The van der Waals surface area contributed by atoms with E-state index in [-0.39, 0.29) is 0 Å². The Morgan fingerprint density at radius 3 is 1.86 bits per heavy atom. The van der Waals surface area contributed by atoms with Crippen LogP contribution in [0.3, 0.4) is 0 Å². The minimum Gasteiger partial charge on any atom is -0.308 e. The molecule has 2 heterocycles. The van der Waals surface area contributed by atoms with Crippen molar-refractivity contribution in [1.29, 1.82) is 0 Å². The molecule has 0 N–H and O–H groups in total. The van der Waals surface area contributed by atoms with Crippen LogP contribution in [0.15, 0.2) is 109 Å². The van der Waals surface area contributed by atoms with Crippen LogP contribution in [0.25, 0.3) is 69.2 Å². The lowest BCUT2D eigenvalue weighted by Gasteiger charge is -2.10. The third-order valence-corrected chi connectivity index (χ3v) is 8.67. The fraction of sp³-hybridized carbons (Fsp3) is 0. The van der Waals surface area contributed by atoms with Crippen molar-refractivity contribution in [3.05, 3.63) is 114 Å². The summed E-state index contributed by atoms with van der Waals surface area (Å²) in [5.74, 6) is 0. The van der Waals surface area contributed by atoms with Gasteiger partial charge in [-0.1, -0.05) is 84.4 Å². The van der Waals surface area contributed by atoms with Gasteiger partial charge >= 0.3 is 0 Å². The van der Waals surface area contributed by atoms with Crippen molar-refractivity contribution in [2.24, 2.45) is 0 Å². The highest BCUT2D eigenvalue weighted by Crippen LogP contribution is 2.44. The van der Waals surface area contributed by atoms with E-state index in [0.717, 1.165) is 5.02 Å². The fourth-order valence-electron chi connectivity index (χ4n) is 5.74. The lowest BCUT2D eigenvalue weighted by Crippen LogP contribution is -1.94. The molecule has 2 aromatic heterocycles. The Morgan fingerprint density at radius 1 is 0.543 bits per heavy atom. The zero-order valence-electron chi connectivity index (χ0n) is 18.6. The molecular weight excluding hydrogens is 466 g/mol. The van der Waals surface area contributed by atoms with Gasteiger partial charge < -0.3 is 4.57 Å². The number of aromatic nitrogens is 1. The summed E-state index contributed by atoms with van der Waals surface area (Å²) in [6, 6.07) is 39.4. The highest BCUT2D eigenvalue weighted by Gasteiger charge is 2.19. The lowest BCUT2D eigenvalue weighted by atomic mass is 10.00. The third-order valence-electron chi connectivity index (χ3n) is 7.22. The van der Waals surface area contributed by atoms with E-state index in [9.17, 15) is 0 Å². The van der Waals surface area contributed by atoms with Crippen molar-refractivity contribution < 1.29 is 0 Å². The van der Waals surface area contributed by atoms with Crippen LogP contribution in [0.5, 0.6) is 0 Å². The maximum Gasteiger partial charge on any atom is 0.0640 e. The fourth-order valence-corrected chi connectivity index (χ4v) is 7.10. The standard InChI is InChI=1S/C32H18ClNS/c33-21-14-17-29-25(18-21)24-10-5-11-28(32(24)35-29)34-26-15-12-19-6-1-3-8-22(19)30(26)31-23-9-4-2-7-20(23)13-16-27(31)34/h1-18H. The van der Waals surface area contributed by atoms with E-state index in [1.54, 1.807) is 0 Å². The molecular formula is C32H18ClNS. The topological polar surface area (TPSA) is 4.93 Å². The van der Waals surface area contributed by atoms with E-state index < -0.39 is 0 Å². The molecule has 0 unspecified atom stereocenters. The van der Waals surface area contributed by atoms with E-state index in [4.69, 9.17) is 11.6 Å². The van der Waals surface area contributed by atoms with Crippen LogP contribution in [0.1, 0.15) is 0 Å². The Kier molecular flexibility index (Phi) is 3.94. The average Bonchev–Trinajstić information content (AvgIpc) is 3.44. The van der Waals surface area contributed by atoms with Crippen LogP contribution >= 0.6 is 22.9 Å². The summed E-state index contributed by atoms with van der Waals surface area (Å²) >= 11 is 8.22. The number of benzene rings is 6. The van der Waals surface area contributed by atoms with Gasteiger partial charge in [-0.3, -0.25) is 0 Å². The van der Waals surface area contributed by atoms with Gasteiger partial charge in [0.25, 0.3) is 0 Å². The van der Waals surface area contributed by atoms with E-state index >= 15 is 0 Å². The Morgan fingerprint density at radius 2 is 1.17 bits per heavy atom. The van der Waals surface area contributed by atoms with Gasteiger partial charge in [-0.05, 0) is 57.9 Å². The van der Waals surface area contributed by atoms with Gasteiger partial charge in [0.2, 0.25) is 0 Å². The molecule has 0 bridgehead atoms. The van der Waals surface area contributed by atoms with Crippen LogP contribution in [-0.2, 0) is 0 Å². The van der Waals surface area contributed by atoms with Gasteiger partial charge in [-0.2, -0.15) is 0 Å². The van der Waals surface area contributed by atoms with Gasteiger partial charge in [0, 0.05) is 31.3 Å². The first kappa shape index (κ1) is 19.5. The number of hydrogen-bond donors (Lipinski definition) is 0. The minimum absolute atomic E-state index is 0.775. The van der Waals surface area contributed by atoms with Crippen LogP contribution in [0, 0.1) is 0 Å². The molecule has 6 aromatic carbocycles. The molecule has 0 fully saturated rings. The predicted octanol–water partition coefficient (Wildman–Crippen LogP) is 10.1. The summed E-state index contributed by atoms with van der Waals surface area (Å²) in [7, 11) is 0. The highest BCUT2D eigenvalue weighted by molar-refractivity contribution is 7.26. The van der Waals surface area contributed by atoms with E-state index in [1.165, 1.54) is 69.2 Å². The zero-order chi connectivity index (χ0) is 23.1. The van der Waals surface area contributed by atoms with Gasteiger partial charge in [0.1, 0.15) is 0 Å².